The Hall–Kier alpha value is -1.46. The second kappa shape index (κ2) is 3.97. The summed E-state index contributed by atoms with van der Waals surface area (Å²) in [6, 6.07) is 0. The maximum Gasteiger partial charge on any atom is 0.306 e. The Labute approximate surface area is 75.6 Å². The third kappa shape index (κ3) is 2.50. The summed E-state index contributed by atoms with van der Waals surface area (Å²) in [5.74, 6) is -0.417. The van der Waals surface area contributed by atoms with Crippen molar-refractivity contribution >= 4 is 5.97 Å². The van der Waals surface area contributed by atoms with Gasteiger partial charge in [-0.1, -0.05) is 6.92 Å². The van der Waals surface area contributed by atoms with Crippen LogP contribution in [0.2, 0.25) is 0 Å². The van der Waals surface area contributed by atoms with Crippen molar-refractivity contribution in [1.82, 2.24) is 20.2 Å². The van der Waals surface area contributed by atoms with Gasteiger partial charge in [-0.15, -0.1) is 5.10 Å². The summed E-state index contributed by atoms with van der Waals surface area (Å²) >= 11 is 0. The van der Waals surface area contributed by atoms with Crippen LogP contribution in [-0.2, 0) is 18.3 Å². The topological polar surface area (TPSA) is 80.9 Å². The predicted molar refractivity (Wildman–Crippen MR) is 43.9 cm³/mol. The molecule has 6 nitrogen and oxygen atoms in total. The highest BCUT2D eigenvalue weighted by atomic mass is 16.4. The lowest BCUT2D eigenvalue weighted by Crippen LogP contribution is -2.11. The van der Waals surface area contributed by atoms with Crippen molar-refractivity contribution in [3.8, 4) is 0 Å². The van der Waals surface area contributed by atoms with Crippen molar-refractivity contribution in [1.29, 1.82) is 0 Å². The van der Waals surface area contributed by atoms with Gasteiger partial charge < -0.3 is 5.11 Å². The van der Waals surface area contributed by atoms with Crippen molar-refractivity contribution < 1.29 is 9.90 Å². The molecule has 0 amide bonds. The number of hydrogen-bond acceptors (Lipinski definition) is 4. The number of aromatic nitrogens is 4. The molecular weight excluding hydrogens is 172 g/mol. The molecule has 13 heavy (non-hydrogen) atoms. The zero-order valence-electron chi connectivity index (χ0n) is 7.64. The van der Waals surface area contributed by atoms with Gasteiger partial charge in [-0.2, -0.15) is 0 Å². The number of aryl methyl sites for hydroxylation is 2. The van der Waals surface area contributed by atoms with Crippen LogP contribution in [0, 0.1) is 5.92 Å². The Morgan fingerprint density at radius 3 is 2.85 bits per heavy atom. The molecule has 0 aliphatic rings. The molecule has 1 aromatic heterocycles. The first kappa shape index (κ1) is 9.63. The highest BCUT2D eigenvalue weighted by Gasteiger charge is 2.12. The van der Waals surface area contributed by atoms with E-state index in [1.165, 1.54) is 0 Å². The van der Waals surface area contributed by atoms with Crippen LogP contribution in [0.25, 0.3) is 0 Å². The second-order valence-corrected chi connectivity index (χ2v) is 3.00. The Balaban J connectivity index is 2.44. The van der Waals surface area contributed by atoms with Crippen molar-refractivity contribution in [3.63, 3.8) is 0 Å². The molecular formula is C7H12N4O2. The van der Waals surface area contributed by atoms with E-state index in [-0.39, 0.29) is 5.92 Å². The third-order valence-electron chi connectivity index (χ3n) is 1.93. The van der Waals surface area contributed by atoms with Crippen LogP contribution in [0.3, 0.4) is 0 Å². The molecule has 1 atom stereocenters. The first-order valence-corrected chi connectivity index (χ1v) is 4.05. The summed E-state index contributed by atoms with van der Waals surface area (Å²) in [5, 5.41) is 19.5. The predicted octanol–water partition coefficient (Wildman–Crippen LogP) is -0.137. The molecule has 6 heteroatoms. The number of nitrogens with zero attached hydrogens (tertiary/aromatic N) is 4. The van der Waals surface area contributed by atoms with Crippen molar-refractivity contribution in [3.05, 3.63) is 5.82 Å². The number of carboxylic acid groups (broad SMARTS) is 1. The molecule has 1 heterocycles. The Morgan fingerprint density at radius 2 is 2.38 bits per heavy atom. The molecule has 0 aliphatic heterocycles. The molecule has 0 aromatic carbocycles. The molecule has 0 unspecified atom stereocenters. The molecule has 1 rings (SSSR count). The van der Waals surface area contributed by atoms with Crippen LogP contribution in [0.5, 0.6) is 0 Å². The van der Waals surface area contributed by atoms with Crippen LogP contribution in [0.15, 0.2) is 0 Å². The summed E-state index contributed by atoms with van der Waals surface area (Å²) in [7, 11) is 1.74. The van der Waals surface area contributed by atoms with E-state index < -0.39 is 5.97 Å². The largest absolute Gasteiger partial charge is 0.481 e. The molecule has 0 saturated carbocycles. The van der Waals surface area contributed by atoms with E-state index in [1.54, 1.807) is 18.7 Å². The monoisotopic (exact) mass is 184 g/mol. The van der Waals surface area contributed by atoms with Gasteiger partial charge in [-0.05, 0) is 16.8 Å². The summed E-state index contributed by atoms with van der Waals surface area (Å²) in [5.41, 5.74) is 0. The van der Waals surface area contributed by atoms with Gasteiger partial charge in [0.2, 0.25) is 0 Å². The van der Waals surface area contributed by atoms with E-state index in [4.69, 9.17) is 5.11 Å². The van der Waals surface area contributed by atoms with Gasteiger partial charge in [0.1, 0.15) is 0 Å². The van der Waals surface area contributed by atoms with Crippen LogP contribution >= 0.6 is 0 Å². The molecule has 0 bridgehead atoms. The number of tetrazole rings is 1. The lowest BCUT2D eigenvalue weighted by molar-refractivity contribution is -0.141. The quantitative estimate of drug-likeness (QED) is 0.704. The molecule has 0 radical (unpaired) electrons. The number of aliphatic carboxylic acids is 1. The van der Waals surface area contributed by atoms with E-state index in [2.05, 4.69) is 15.5 Å². The van der Waals surface area contributed by atoms with Gasteiger partial charge in [0.25, 0.3) is 0 Å². The van der Waals surface area contributed by atoms with Gasteiger partial charge in [-0.25, -0.2) is 4.68 Å². The lowest BCUT2D eigenvalue weighted by atomic mass is 10.1. The van der Waals surface area contributed by atoms with E-state index >= 15 is 0 Å². The molecule has 0 spiro atoms. The summed E-state index contributed by atoms with van der Waals surface area (Å²) < 4.78 is 1.55. The van der Waals surface area contributed by atoms with Crippen LogP contribution in [0.4, 0.5) is 0 Å². The lowest BCUT2D eigenvalue weighted by Gasteiger charge is -2.03. The van der Waals surface area contributed by atoms with Gasteiger partial charge in [0.15, 0.2) is 5.82 Å². The first-order valence-electron chi connectivity index (χ1n) is 4.05. The second-order valence-electron chi connectivity index (χ2n) is 3.00. The van der Waals surface area contributed by atoms with Gasteiger partial charge >= 0.3 is 5.97 Å². The van der Waals surface area contributed by atoms with Gasteiger partial charge in [-0.3, -0.25) is 4.79 Å². The summed E-state index contributed by atoms with van der Waals surface area (Å²) in [4.78, 5) is 10.5. The first-order chi connectivity index (χ1) is 6.11. The van der Waals surface area contributed by atoms with E-state index in [0.29, 0.717) is 18.7 Å². The summed E-state index contributed by atoms with van der Waals surface area (Å²) in [6.45, 7) is 1.67. The highest BCUT2D eigenvalue weighted by molar-refractivity contribution is 5.69. The van der Waals surface area contributed by atoms with Crippen LogP contribution in [0.1, 0.15) is 19.2 Å². The van der Waals surface area contributed by atoms with Crippen LogP contribution < -0.4 is 0 Å². The zero-order chi connectivity index (χ0) is 9.84. The molecule has 0 aliphatic carbocycles. The zero-order valence-corrected chi connectivity index (χ0v) is 7.64. The third-order valence-corrected chi connectivity index (χ3v) is 1.93. The fraction of sp³-hybridized carbons (Fsp3) is 0.714. The molecule has 72 valence electrons. The maximum absolute atomic E-state index is 10.5. The average molecular weight is 184 g/mol. The average Bonchev–Trinajstić information content (AvgIpc) is 2.47. The normalized spacial score (nSPS) is 12.8. The number of rotatable bonds is 4. The van der Waals surface area contributed by atoms with E-state index in [1.807, 2.05) is 0 Å². The minimum atomic E-state index is -0.782. The fourth-order valence-electron chi connectivity index (χ4n) is 0.929. The molecule has 1 N–H and O–H groups in total. The standard InChI is InChI=1S/C7H12N4O2/c1-5(7(12)13)3-4-6-8-9-10-11(6)2/h5H,3-4H2,1-2H3,(H,12,13)/t5-/m0/s1. The minimum absolute atomic E-state index is 0.350. The van der Waals surface area contributed by atoms with Gasteiger partial charge in [0, 0.05) is 13.5 Å². The van der Waals surface area contributed by atoms with Crippen molar-refractivity contribution in [2.75, 3.05) is 0 Å². The Morgan fingerprint density at radius 1 is 1.69 bits per heavy atom. The minimum Gasteiger partial charge on any atom is -0.481 e. The van der Waals surface area contributed by atoms with E-state index in [9.17, 15) is 4.79 Å². The highest BCUT2D eigenvalue weighted by Crippen LogP contribution is 2.06. The Kier molecular flexibility index (Phi) is 2.94. The molecule has 0 fully saturated rings. The van der Waals surface area contributed by atoms with E-state index in [0.717, 1.165) is 0 Å². The number of hydrogen-bond donors (Lipinski definition) is 1. The maximum atomic E-state index is 10.5. The molecule has 0 saturated heterocycles. The van der Waals surface area contributed by atoms with Crippen molar-refractivity contribution in [2.24, 2.45) is 13.0 Å². The number of carboxylic acids is 1. The van der Waals surface area contributed by atoms with Crippen molar-refractivity contribution in [2.45, 2.75) is 19.8 Å². The molecule has 1 aromatic rings. The smallest absolute Gasteiger partial charge is 0.306 e. The fourth-order valence-corrected chi connectivity index (χ4v) is 0.929. The Bertz CT molecular complexity index is 296. The van der Waals surface area contributed by atoms with Crippen LogP contribution in [-0.4, -0.2) is 31.3 Å². The van der Waals surface area contributed by atoms with Gasteiger partial charge in [0.05, 0.1) is 5.92 Å². The SMILES string of the molecule is C[C@@H](CCc1nnnn1C)C(=O)O. The number of carbonyl (C=O) groups is 1. The summed E-state index contributed by atoms with van der Waals surface area (Å²) in [6.07, 6.45) is 1.15.